The number of fused-ring (bicyclic) bond motifs is 1. The number of piperazine rings is 1. The number of carbonyl (C=O) groups excluding carboxylic acids is 1. The maximum Gasteiger partial charge on any atom is 0.248 e. The first-order valence-corrected chi connectivity index (χ1v) is 10.6. The molecule has 7 heteroatoms. The number of aryl methyl sites for hydroxylation is 1. The van der Waals surface area contributed by atoms with E-state index in [0.29, 0.717) is 6.54 Å². The molecule has 0 bridgehead atoms. The smallest absolute Gasteiger partial charge is 0.248 e. The average Bonchev–Trinajstić information content (AvgIpc) is 2.91. The molecule has 0 unspecified atom stereocenters. The van der Waals surface area contributed by atoms with Gasteiger partial charge in [0.15, 0.2) is 9.84 Å². The van der Waals surface area contributed by atoms with Crippen molar-refractivity contribution in [2.45, 2.75) is 24.9 Å². The van der Waals surface area contributed by atoms with E-state index in [-0.39, 0.29) is 36.1 Å². The van der Waals surface area contributed by atoms with Crippen LogP contribution >= 0.6 is 0 Å². The fourth-order valence-electron chi connectivity index (χ4n) is 3.95. The summed E-state index contributed by atoms with van der Waals surface area (Å²) >= 11 is 0. The molecule has 0 aromatic heterocycles. The van der Waals surface area contributed by atoms with E-state index in [9.17, 15) is 13.2 Å². The molecule has 1 aromatic rings. The van der Waals surface area contributed by atoms with E-state index < -0.39 is 9.84 Å². The predicted molar refractivity (Wildman–Crippen MR) is 96.2 cm³/mol. The number of hydrogen-bond acceptors (Lipinski definition) is 5. The minimum Gasteiger partial charge on any atom is -0.375 e. The first-order valence-electron chi connectivity index (χ1n) is 8.77. The first kappa shape index (κ1) is 18.4. The fourth-order valence-corrected chi connectivity index (χ4v) is 5.96. The zero-order chi connectivity index (χ0) is 17.9. The van der Waals surface area contributed by atoms with Crippen molar-refractivity contribution < 1.29 is 17.9 Å². The van der Waals surface area contributed by atoms with Gasteiger partial charge >= 0.3 is 0 Å². The lowest BCUT2D eigenvalue weighted by molar-refractivity contribution is -0.140. The van der Waals surface area contributed by atoms with Gasteiger partial charge in [0, 0.05) is 26.2 Å². The summed E-state index contributed by atoms with van der Waals surface area (Å²) in [6.07, 6.45) is 1.97. The number of amides is 1. The van der Waals surface area contributed by atoms with Crippen LogP contribution in [0.4, 0.5) is 0 Å². The Morgan fingerprint density at radius 3 is 2.60 bits per heavy atom. The van der Waals surface area contributed by atoms with Gasteiger partial charge in [-0.3, -0.25) is 9.69 Å². The molecule has 2 aliphatic rings. The van der Waals surface area contributed by atoms with Crippen molar-refractivity contribution in [3.05, 3.63) is 35.9 Å². The molecule has 0 saturated carbocycles. The lowest BCUT2D eigenvalue weighted by Gasteiger charge is -2.44. The summed E-state index contributed by atoms with van der Waals surface area (Å²) in [5.41, 5.74) is 1.30. The van der Waals surface area contributed by atoms with Crippen molar-refractivity contribution >= 4 is 15.7 Å². The minimum atomic E-state index is -3.10. The van der Waals surface area contributed by atoms with Crippen LogP contribution in [0.5, 0.6) is 0 Å². The van der Waals surface area contributed by atoms with Crippen molar-refractivity contribution in [1.29, 1.82) is 0 Å². The van der Waals surface area contributed by atoms with E-state index in [0.717, 1.165) is 25.9 Å². The van der Waals surface area contributed by atoms with E-state index in [2.05, 4.69) is 17.0 Å². The standard InChI is InChI=1S/C18H26N2O4S/c1-24-12-18(21)20-11-10-19(16-13-25(22,23)14-17(16)20)9-5-8-15-6-3-2-4-7-15/h2-4,6-7,16-17H,5,8-14H2,1H3/t16-,17+/m1/s1. The number of hydrogen-bond donors (Lipinski definition) is 0. The lowest BCUT2D eigenvalue weighted by Crippen LogP contribution is -2.61. The minimum absolute atomic E-state index is 0.0112. The molecule has 6 nitrogen and oxygen atoms in total. The van der Waals surface area contributed by atoms with Gasteiger partial charge in [-0.2, -0.15) is 0 Å². The Morgan fingerprint density at radius 2 is 1.88 bits per heavy atom. The molecule has 0 radical (unpaired) electrons. The third kappa shape index (κ3) is 4.40. The maximum absolute atomic E-state index is 12.2. The molecule has 138 valence electrons. The first-order chi connectivity index (χ1) is 12.0. The average molecular weight is 366 g/mol. The lowest BCUT2D eigenvalue weighted by atomic mass is 10.0. The second kappa shape index (κ2) is 7.85. The second-order valence-corrected chi connectivity index (χ2v) is 9.01. The highest BCUT2D eigenvalue weighted by Crippen LogP contribution is 2.27. The molecular formula is C18H26N2O4S. The largest absolute Gasteiger partial charge is 0.375 e. The normalized spacial score (nSPS) is 25.7. The zero-order valence-corrected chi connectivity index (χ0v) is 15.5. The van der Waals surface area contributed by atoms with Crippen LogP contribution in [0.2, 0.25) is 0 Å². The van der Waals surface area contributed by atoms with Gasteiger partial charge in [0.1, 0.15) is 6.61 Å². The Labute approximate surface area is 149 Å². The van der Waals surface area contributed by atoms with E-state index >= 15 is 0 Å². The highest BCUT2D eigenvalue weighted by molar-refractivity contribution is 7.91. The molecule has 0 aliphatic carbocycles. The van der Waals surface area contributed by atoms with Crippen LogP contribution < -0.4 is 0 Å². The number of methoxy groups -OCH3 is 1. The summed E-state index contributed by atoms with van der Waals surface area (Å²) in [6, 6.07) is 9.99. The molecule has 2 atom stereocenters. The van der Waals surface area contributed by atoms with Crippen molar-refractivity contribution in [3.8, 4) is 0 Å². The molecule has 25 heavy (non-hydrogen) atoms. The molecule has 2 aliphatic heterocycles. The Bertz CT molecular complexity index is 692. The van der Waals surface area contributed by atoms with E-state index in [1.54, 1.807) is 4.90 Å². The SMILES string of the molecule is COCC(=O)N1CCN(CCCc2ccccc2)[C@@H]2CS(=O)(=O)C[C@@H]21. The van der Waals surface area contributed by atoms with Crippen LogP contribution in [0.3, 0.4) is 0 Å². The highest BCUT2D eigenvalue weighted by atomic mass is 32.2. The van der Waals surface area contributed by atoms with Gasteiger partial charge < -0.3 is 9.64 Å². The molecule has 3 rings (SSSR count). The Hall–Kier alpha value is -1.44. The van der Waals surface area contributed by atoms with Gasteiger partial charge in [-0.1, -0.05) is 30.3 Å². The molecule has 2 saturated heterocycles. The summed E-state index contributed by atoms with van der Waals surface area (Å²) in [5.74, 6) is 0.112. The molecule has 0 N–H and O–H groups in total. The second-order valence-electron chi connectivity index (χ2n) is 6.86. The summed E-state index contributed by atoms with van der Waals surface area (Å²) in [6.45, 7) is 2.17. The number of rotatable bonds is 6. The molecular weight excluding hydrogens is 340 g/mol. The van der Waals surface area contributed by atoms with Crippen molar-refractivity contribution in [2.75, 3.05) is 44.9 Å². The van der Waals surface area contributed by atoms with Gasteiger partial charge in [-0.25, -0.2) is 8.42 Å². The summed E-state index contributed by atoms with van der Waals surface area (Å²) in [4.78, 5) is 16.2. The number of ether oxygens (including phenoxy) is 1. The van der Waals surface area contributed by atoms with Crippen LogP contribution in [-0.4, -0.2) is 81.1 Å². The third-order valence-corrected chi connectivity index (χ3v) is 6.83. The molecule has 0 spiro atoms. The van der Waals surface area contributed by atoms with Crippen LogP contribution in [0.15, 0.2) is 30.3 Å². The van der Waals surface area contributed by atoms with Crippen molar-refractivity contribution in [1.82, 2.24) is 9.80 Å². The fraction of sp³-hybridized carbons (Fsp3) is 0.611. The summed E-state index contributed by atoms with van der Waals surface area (Å²) in [5, 5.41) is 0. The summed E-state index contributed by atoms with van der Waals surface area (Å²) in [7, 11) is -1.61. The molecule has 1 amide bonds. The maximum atomic E-state index is 12.2. The number of nitrogens with zero attached hydrogens (tertiary/aromatic N) is 2. The highest BCUT2D eigenvalue weighted by Gasteiger charge is 2.47. The van der Waals surface area contributed by atoms with Gasteiger partial charge in [-0.15, -0.1) is 0 Å². The van der Waals surface area contributed by atoms with Crippen molar-refractivity contribution in [3.63, 3.8) is 0 Å². The quantitative estimate of drug-likeness (QED) is 0.737. The van der Waals surface area contributed by atoms with Crippen LogP contribution in [0, 0.1) is 0 Å². The molecule has 2 heterocycles. The van der Waals surface area contributed by atoms with Crippen LogP contribution in [0.25, 0.3) is 0 Å². The molecule has 2 fully saturated rings. The number of sulfone groups is 1. The van der Waals surface area contributed by atoms with Gasteiger partial charge in [0.05, 0.1) is 17.5 Å². The van der Waals surface area contributed by atoms with Crippen molar-refractivity contribution in [2.24, 2.45) is 0 Å². The number of benzene rings is 1. The van der Waals surface area contributed by atoms with E-state index in [1.807, 2.05) is 18.2 Å². The Morgan fingerprint density at radius 1 is 1.16 bits per heavy atom. The van der Waals surface area contributed by atoms with E-state index in [1.165, 1.54) is 12.7 Å². The third-order valence-electron chi connectivity index (χ3n) is 5.13. The Balaban J connectivity index is 1.63. The van der Waals surface area contributed by atoms with E-state index in [4.69, 9.17) is 4.74 Å². The van der Waals surface area contributed by atoms with Gasteiger partial charge in [0.2, 0.25) is 5.91 Å². The van der Waals surface area contributed by atoms with Gasteiger partial charge in [0.25, 0.3) is 0 Å². The number of carbonyl (C=O) groups is 1. The molecule has 1 aromatic carbocycles. The van der Waals surface area contributed by atoms with Gasteiger partial charge in [-0.05, 0) is 24.9 Å². The topological polar surface area (TPSA) is 66.9 Å². The Kier molecular flexibility index (Phi) is 5.76. The predicted octanol–water partition coefficient (Wildman–Crippen LogP) is 0.575. The van der Waals surface area contributed by atoms with Crippen LogP contribution in [0.1, 0.15) is 12.0 Å². The summed E-state index contributed by atoms with van der Waals surface area (Å²) < 4.78 is 29.3. The zero-order valence-electron chi connectivity index (χ0n) is 14.6. The van der Waals surface area contributed by atoms with Crippen LogP contribution in [-0.2, 0) is 25.8 Å². The monoisotopic (exact) mass is 366 g/mol.